The van der Waals surface area contributed by atoms with Gasteiger partial charge in [0, 0.05) is 0 Å². The first-order valence-electron chi connectivity index (χ1n) is 4.08. The first-order valence-corrected chi connectivity index (χ1v) is 7.14. The molecule has 1 rings (SSSR count). The number of halogens is 2. The molecule has 17 heavy (non-hydrogen) atoms. The Hall–Kier alpha value is -0.380. The van der Waals surface area contributed by atoms with E-state index in [2.05, 4.69) is 0 Å². The van der Waals surface area contributed by atoms with Crippen LogP contribution in [0.25, 0.3) is 0 Å². The average Bonchev–Trinajstić information content (AvgIpc) is 2.54. The molecule has 0 unspecified atom stereocenters. The van der Waals surface area contributed by atoms with Gasteiger partial charge >= 0.3 is 5.97 Å². The van der Waals surface area contributed by atoms with Crippen LogP contribution in [0, 0.1) is 0 Å². The monoisotopic (exact) mass is 319 g/mol. The molecular weight excluding hydrogens is 313 g/mol. The van der Waals surface area contributed by atoms with Crippen LogP contribution in [0.2, 0.25) is 8.67 Å². The van der Waals surface area contributed by atoms with Gasteiger partial charge < -0.3 is 10.2 Å². The van der Waals surface area contributed by atoms with Crippen molar-refractivity contribution in [2.24, 2.45) is 0 Å². The van der Waals surface area contributed by atoms with Gasteiger partial charge in [-0.05, 0) is 6.07 Å². The summed E-state index contributed by atoms with van der Waals surface area (Å²) in [5.41, 5.74) is 0. The molecule has 0 aromatic carbocycles. The fourth-order valence-electron chi connectivity index (χ4n) is 0.925. The molecule has 0 aliphatic carbocycles. The molecule has 10 heteroatoms. The Morgan fingerprint density at radius 2 is 2.12 bits per heavy atom. The van der Waals surface area contributed by atoms with Crippen LogP contribution in [0.3, 0.4) is 0 Å². The molecule has 1 aromatic heterocycles. The Kier molecular flexibility index (Phi) is 4.76. The van der Waals surface area contributed by atoms with Crippen molar-refractivity contribution in [3.8, 4) is 0 Å². The third kappa shape index (κ3) is 3.54. The van der Waals surface area contributed by atoms with Crippen molar-refractivity contribution in [3.63, 3.8) is 0 Å². The molecule has 1 heterocycles. The number of thiophene rings is 1. The molecule has 0 amide bonds. The van der Waals surface area contributed by atoms with Gasteiger partial charge in [0.1, 0.15) is 15.3 Å². The van der Waals surface area contributed by atoms with Gasteiger partial charge in [0.25, 0.3) is 0 Å². The number of aliphatic carboxylic acids is 1. The zero-order valence-corrected chi connectivity index (χ0v) is 11.2. The summed E-state index contributed by atoms with van der Waals surface area (Å²) in [6, 6.07) is -0.526. The van der Waals surface area contributed by atoms with Crippen molar-refractivity contribution >= 4 is 50.5 Å². The van der Waals surface area contributed by atoms with E-state index >= 15 is 0 Å². The number of carboxylic acid groups (broad SMARTS) is 1. The van der Waals surface area contributed by atoms with Crippen LogP contribution in [-0.2, 0) is 14.8 Å². The number of carboxylic acids is 1. The van der Waals surface area contributed by atoms with Crippen molar-refractivity contribution in [1.29, 1.82) is 0 Å². The summed E-state index contributed by atoms with van der Waals surface area (Å²) >= 11 is 12.1. The van der Waals surface area contributed by atoms with Gasteiger partial charge in [-0.3, -0.25) is 4.79 Å². The number of rotatable bonds is 5. The summed E-state index contributed by atoms with van der Waals surface area (Å²) in [7, 11) is -4.12. The molecule has 0 bridgehead atoms. The number of carbonyl (C=O) groups is 1. The second kappa shape index (κ2) is 5.51. The fraction of sp³-hybridized carbons (Fsp3) is 0.286. The fourth-order valence-corrected chi connectivity index (χ4v) is 4.25. The topological polar surface area (TPSA) is 104 Å². The van der Waals surface area contributed by atoms with Crippen molar-refractivity contribution in [2.45, 2.75) is 10.9 Å². The molecule has 0 saturated heterocycles. The van der Waals surface area contributed by atoms with E-state index in [9.17, 15) is 13.2 Å². The molecule has 1 atom stereocenters. The number of hydrogen-bond acceptors (Lipinski definition) is 5. The minimum atomic E-state index is -4.12. The van der Waals surface area contributed by atoms with E-state index in [4.69, 9.17) is 33.4 Å². The van der Waals surface area contributed by atoms with Crippen LogP contribution in [0.15, 0.2) is 11.0 Å². The number of sulfonamides is 1. The highest BCUT2D eigenvalue weighted by molar-refractivity contribution is 7.89. The Balaban J connectivity index is 3.04. The smallest absolute Gasteiger partial charge is 0.324 e. The molecule has 96 valence electrons. The van der Waals surface area contributed by atoms with E-state index in [0.29, 0.717) is 0 Å². The van der Waals surface area contributed by atoms with Gasteiger partial charge in [-0.1, -0.05) is 23.2 Å². The van der Waals surface area contributed by atoms with Gasteiger partial charge in [0.05, 0.1) is 10.9 Å². The third-order valence-corrected chi connectivity index (χ3v) is 4.92. The predicted molar refractivity (Wildman–Crippen MR) is 63.2 cm³/mol. The molecule has 0 saturated carbocycles. The van der Waals surface area contributed by atoms with Crippen LogP contribution in [0.5, 0.6) is 0 Å². The average molecular weight is 320 g/mol. The van der Waals surface area contributed by atoms with E-state index in [-0.39, 0.29) is 13.6 Å². The van der Waals surface area contributed by atoms with Crippen molar-refractivity contribution in [2.75, 3.05) is 6.61 Å². The van der Waals surface area contributed by atoms with E-state index in [1.807, 2.05) is 0 Å². The maximum atomic E-state index is 11.7. The minimum absolute atomic E-state index is 0.0791. The Labute approximate surface area is 111 Å². The number of aliphatic hydroxyl groups excluding tert-OH is 1. The molecule has 0 radical (unpaired) electrons. The molecule has 0 aliphatic heterocycles. The zero-order chi connectivity index (χ0) is 13.2. The lowest BCUT2D eigenvalue weighted by molar-refractivity contribution is -0.139. The first-order chi connectivity index (χ1) is 7.77. The Morgan fingerprint density at radius 3 is 2.47 bits per heavy atom. The summed E-state index contributed by atoms with van der Waals surface area (Å²) in [6.07, 6.45) is 0. The van der Waals surface area contributed by atoms with E-state index < -0.39 is 28.6 Å². The second-order valence-corrected chi connectivity index (χ2v) is 6.85. The normalized spacial score (nSPS) is 13.6. The van der Waals surface area contributed by atoms with Crippen LogP contribution >= 0.6 is 34.5 Å². The van der Waals surface area contributed by atoms with E-state index in [1.54, 1.807) is 4.72 Å². The van der Waals surface area contributed by atoms with Gasteiger partial charge in [-0.2, -0.15) is 4.72 Å². The quantitative estimate of drug-likeness (QED) is 0.744. The Bertz CT molecular complexity index is 526. The van der Waals surface area contributed by atoms with Gasteiger partial charge in [-0.15, -0.1) is 11.3 Å². The largest absolute Gasteiger partial charge is 0.480 e. The van der Waals surface area contributed by atoms with Crippen LogP contribution in [-0.4, -0.2) is 37.2 Å². The van der Waals surface area contributed by atoms with Crippen molar-refractivity contribution in [3.05, 3.63) is 14.7 Å². The Morgan fingerprint density at radius 1 is 1.53 bits per heavy atom. The lowest BCUT2D eigenvalue weighted by Gasteiger charge is -2.11. The SMILES string of the molecule is O=C(O)[C@H](CO)NS(=O)(=O)c1cc(Cl)sc1Cl. The molecule has 0 fully saturated rings. The lowest BCUT2D eigenvalue weighted by Crippen LogP contribution is -2.43. The molecule has 3 N–H and O–H groups in total. The summed E-state index contributed by atoms with van der Waals surface area (Å²) in [5, 5.41) is 17.3. The first kappa shape index (κ1) is 14.7. The highest BCUT2D eigenvalue weighted by Gasteiger charge is 2.27. The predicted octanol–water partition coefficient (Wildman–Crippen LogP) is 0.779. The standard InChI is InChI=1S/C7H7Cl2NO5S2/c8-5-1-4(6(9)16-5)17(14,15)10-3(2-11)7(12)13/h1,3,10-11H,2H2,(H,12,13)/t3-/m0/s1. The van der Waals surface area contributed by atoms with Gasteiger partial charge in [0.15, 0.2) is 0 Å². The third-order valence-electron chi connectivity index (χ3n) is 1.69. The summed E-state index contributed by atoms with van der Waals surface area (Å²) in [4.78, 5) is 10.3. The lowest BCUT2D eigenvalue weighted by atomic mass is 10.3. The van der Waals surface area contributed by atoms with Crippen LogP contribution < -0.4 is 4.72 Å². The van der Waals surface area contributed by atoms with Crippen molar-refractivity contribution < 1.29 is 23.4 Å². The van der Waals surface area contributed by atoms with Crippen molar-refractivity contribution in [1.82, 2.24) is 4.72 Å². The zero-order valence-electron chi connectivity index (χ0n) is 8.05. The van der Waals surface area contributed by atoms with Crippen LogP contribution in [0.1, 0.15) is 0 Å². The second-order valence-electron chi connectivity index (χ2n) is 2.88. The molecule has 0 spiro atoms. The molecule has 1 aromatic rings. The maximum absolute atomic E-state index is 11.7. The molecular formula is C7H7Cl2NO5S2. The number of hydrogen-bond donors (Lipinski definition) is 3. The molecule has 0 aliphatic rings. The van der Waals surface area contributed by atoms with E-state index in [1.165, 1.54) is 0 Å². The number of aliphatic hydroxyl groups is 1. The van der Waals surface area contributed by atoms with E-state index in [0.717, 1.165) is 17.4 Å². The number of nitrogens with one attached hydrogen (secondary N) is 1. The summed E-state index contributed by atoms with van der Waals surface area (Å²) in [6.45, 7) is -0.871. The van der Waals surface area contributed by atoms with Gasteiger partial charge in [-0.25, -0.2) is 8.42 Å². The highest BCUT2D eigenvalue weighted by Crippen LogP contribution is 2.34. The minimum Gasteiger partial charge on any atom is -0.480 e. The summed E-state index contributed by atoms with van der Waals surface area (Å²) < 4.78 is 25.3. The summed E-state index contributed by atoms with van der Waals surface area (Å²) in [5.74, 6) is -1.49. The maximum Gasteiger partial charge on any atom is 0.324 e. The van der Waals surface area contributed by atoms with Crippen LogP contribution in [0.4, 0.5) is 0 Å². The van der Waals surface area contributed by atoms with Gasteiger partial charge in [0.2, 0.25) is 10.0 Å². The highest BCUT2D eigenvalue weighted by atomic mass is 35.5. The molecule has 6 nitrogen and oxygen atoms in total.